The summed E-state index contributed by atoms with van der Waals surface area (Å²) in [6.45, 7) is 8.21. The Morgan fingerprint density at radius 1 is 1.14 bits per heavy atom. The fourth-order valence-corrected chi connectivity index (χ4v) is 4.42. The van der Waals surface area contributed by atoms with Crippen molar-refractivity contribution in [3.8, 4) is 11.5 Å². The fraction of sp³-hybridized carbons (Fsp3) is 0.565. The van der Waals surface area contributed by atoms with Gasteiger partial charge in [0.15, 0.2) is 22.4 Å². The van der Waals surface area contributed by atoms with Crippen molar-refractivity contribution in [3.05, 3.63) is 35.0 Å². The smallest absolute Gasteiger partial charge is 0.173 e. The van der Waals surface area contributed by atoms with E-state index in [1.807, 2.05) is 25.1 Å². The van der Waals surface area contributed by atoms with Crippen LogP contribution < -0.4 is 14.8 Å². The first-order chi connectivity index (χ1) is 14.1. The summed E-state index contributed by atoms with van der Waals surface area (Å²) in [6, 6.07) is 5.73. The van der Waals surface area contributed by atoms with Crippen molar-refractivity contribution in [1.29, 1.82) is 0 Å². The molecule has 2 aliphatic rings. The van der Waals surface area contributed by atoms with Gasteiger partial charge in [-0.2, -0.15) is 0 Å². The lowest BCUT2D eigenvalue weighted by atomic mass is 9.84. The maximum atomic E-state index is 12.8. The molecule has 0 saturated heterocycles. The lowest BCUT2D eigenvalue weighted by Crippen LogP contribution is -2.49. The van der Waals surface area contributed by atoms with Crippen LogP contribution >= 0.6 is 12.2 Å². The van der Waals surface area contributed by atoms with Crippen LogP contribution in [0, 0.1) is 0 Å². The molecule has 1 aliphatic carbocycles. The summed E-state index contributed by atoms with van der Waals surface area (Å²) in [5.74, 6) is 1.68. The summed E-state index contributed by atoms with van der Waals surface area (Å²) in [5, 5.41) is 4.08. The van der Waals surface area contributed by atoms with E-state index in [0.717, 1.165) is 67.0 Å². The van der Waals surface area contributed by atoms with Crippen molar-refractivity contribution >= 4 is 23.1 Å². The number of carbonyl (C=O) groups is 1. The van der Waals surface area contributed by atoms with Crippen molar-refractivity contribution in [2.45, 2.75) is 65.3 Å². The zero-order valence-electron chi connectivity index (χ0n) is 17.8. The van der Waals surface area contributed by atoms with Gasteiger partial charge in [0.05, 0.1) is 19.3 Å². The Balaban J connectivity index is 1.93. The maximum Gasteiger partial charge on any atom is 0.173 e. The van der Waals surface area contributed by atoms with Crippen LogP contribution in [0.2, 0.25) is 0 Å². The third-order valence-electron chi connectivity index (χ3n) is 5.48. The summed E-state index contributed by atoms with van der Waals surface area (Å²) in [6.07, 6.45) is 5.72. The number of hydrogen-bond acceptors (Lipinski definition) is 4. The number of Topliss-reactive ketones (excluding diaryl/α,β-unsaturated/α-hetero) is 1. The van der Waals surface area contributed by atoms with Crippen LogP contribution in [0.3, 0.4) is 0 Å². The molecule has 0 saturated carbocycles. The topological polar surface area (TPSA) is 50.8 Å². The predicted octanol–water partition coefficient (Wildman–Crippen LogP) is 4.91. The molecular weight excluding hydrogens is 384 g/mol. The van der Waals surface area contributed by atoms with Gasteiger partial charge in [-0.1, -0.05) is 25.8 Å². The van der Waals surface area contributed by atoms with Crippen LogP contribution in [0.5, 0.6) is 11.5 Å². The Kier molecular flexibility index (Phi) is 7.53. The summed E-state index contributed by atoms with van der Waals surface area (Å²) >= 11 is 5.62. The number of carbonyl (C=O) groups excluding carboxylic acids is 1. The molecule has 29 heavy (non-hydrogen) atoms. The SMILES string of the molecule is CCCCCOc1ccc(C2NC(=S)N(CC)C3=C2C(=O)CCC3)cc1OCC. The second kappa shape index (κ2) is 10.1. The van der Waals surface area contributed by atoms with Gasteiger partial charge in [-0.15, -0.1) is 0 Å². The van der Waals surface area contributed by atoms with Gasteiger partial charge >= 0.3 is 0 Å². The molecule has 1 N–H and O–H groups in total. The van der Waals surface area contributed by atoms with E-state index in [1.165, 1.54) is 0 Å². The molecule has 0 spiro atoms. The third kappa shape index (κ3) is 4.74. The van der Waals surface area contributed by atoms with Gasteiger partial charge in [-0.05, 0) is 63.0 Å². The van der Waals surface area contributed by atoms with Gasteiger partial charge in [0.2, 0.25) is 0 Å². The van der Waals surface area contributed by atoms with E-state index in [1.54, 1.807) is 0 Å². The quantitative estimate of drug-likeness (QED) is 0.456. The minimum absolute atomic E-state index is 0.211. The molecule has 1 aliphatic heterocycles. The van der Waals surface area contributed by atoms with E-state index in [4.69, 9.17) is 21.7 Å². The molecule has 158 valence electrons. The lowest BCUT2D eigenvalue weighted by Gasteiger charge is -2.40. The van der Waals surface area contributed by atoms with Gasteiger partial charge in [-0.3, -0.25) is 4.79 Å². The highest BCUT2D eigenvalue weighted by Crippen LogP contribution is 2.39. The molecule has 3 rings (SSSR count). The number of thiocarbonyl (C=S) groups is 1. The standard InChI is InChI=1S/C23H32N2O3S/c1-4-7-8-14-28-19-13-12-16(15-20(19)27-6-3)22-21-17(10-9-11-18(21)26)25(5-2)23(29)24-22/h12-13,15,22H,4-11,14H2,1-3H3,(H,24,29). The van der Waals surface area contributed by atoms with Gasteiger partial charge in [0.1, 0.15) is 0 Å². The molecule has 1 aromatic rings. The molecule has 0 aromatic heterocycles. The molecule has 1 aromatic carbocycles. The number of nitrogens with zero attached hydrogens (tertiary/aromatic N) is 1. The molecule has 1 heterocycles. The molecule has 0 amide bonds. The number of hydrogen-bond donors (Lipinski definition) is 1. The van der Waals surface area contributed by atoms with Crippen LogP contribution in [0.15, 0.2) is 29.5 Å². The Hall–Kier alpha value is -2.08. The van der Waals surface area contributed by atoms with Crippen LogP contribution in [0.25, 0.3) is 0 Å². The second-order valence-corrected chi connectivity index (χ2v) is 7.85. The first kappa shape index (κ1) is 21.6. The summed E-state index contributed by atoms with van der Waals surface area (Å²) in [4.78, 5) is 14.9. The Morgan fingerprint density at radius 3 is 2.69 bits per heavy atom. The van der Waals surface area contributed by atoms with Gasteiger partial charge < -0.3 is 19.7 Å². The molecule has 1 unspecified atom stereocenters. The predicted molar refractivity (Wildman–Crippen MR) is 119 cm³/mol. The van der Waals surface area contributed by atoms with Crippen LogP contribution in [0.4, 0.5) is 0 Å². The number of ketones is 1. The zero-order valence-corrected chi connectivity index (χ0v) is 18.6. The average Bonchev–Trinajstić information content (AvgIpc) is 2.72. The third-order valence-corrected chi connectivity index (χ3v) is 5.82. The number of unbranched alkanes of at least 4 members (excludes halogenated alkanes) is 2. The molecular formula is C23H32N2O3S. The van der Waals surface area contributed by atoms with Gasteiger partial charge in [-0.25, -0.2) is 0 Å². The highest BCUT2D eigenvalue weighted by Gasteiger charge is 2.36. The first-order valence-electron chi connectivity index (χ1n) is 10.8. The number of ether oxygens (including phenoxy) is 2. The highest BCUT2D eigenvalue weighted by molar-refractivity contribution is 7.80. The molecule has 0 bridgehead atoms. The molecule has 0 fully saturated rings. The Bertz CT molecular complexity index is 790. The molecule has 0 radical (unpaired) electrons. The highest BCUT2D eigenvalue weighted by atomic mass is 32.1. The fourth-order valence-electron chi connectivity index (χ4n) is 4.06. The van der Waals surface area contributed by atoms with Gasteiger partial charge in [0, 0.05) is 24.2 Å². The van der Waals surface area contributed by atoms with Crippen LogP contribution in [-0.2, 0) is 4.79 Å². The zero-order chi connectivity index (χ0) is 20.8. The minimum atomic E-state index is -0.235. The molecule has 6 heteroatoms. The maximum absolute atomic E-state index is 12.8. The number of nitrogens with one attached hydrogen (secondary N) is 1. The van der Waals surface area contributed by atoms with Crippen LogP contribution in [0.1, 0.15) is 70.9 Å². The van der Waals surface area contributed by atoms with Crippen molar-refractivity contribution in [2.75, 3.05) is 19.8 Å². The van der Waals surface area contributed by atoms with Crippen molar-refractivity contribution in [3.63, 3.8) is 0 Å². The van der Waals surface area contributed by atoms with Crippen LogP contribution in [-0.4, -0.2) is 35.6 Å². The average molecular weight is 417 g/mol. The largest absolute Gasteiger partial charge is 0.490 e. The summed E-state index contributed by atoms with van der Waals surface area (Å²) in [7, 11) is 0. The normalized spacial score (nSPS) is 19.1. The molecule has 1 atom stereocenters. The van der Waals surface area contributed by atoms with E-state index in [-0.39, 0.29) is 11.8 Å². The lowest BCUT2D eigenvalue weighted by molar-refractivity contribution is -0.116. The Labute approximate surface area is 179 Å². The number of allylic oxidation sites excluding steroid dienone is 1. The Morgan fingerprint density at radius 2 is 1.97 bits per heavy atom. The summed E-state index contributed by atoms with van der Waals surface area (Å²) in [5.41, 5.74) is 2.91. The van der Waals surface area contributed by atoms with E-state index >= 15 is 0 Å². The van der Waals surface area contributed by atoms with Crippen molar-refractivity contribution in [2.24, 2.45) is 0 Å². The van der Waals surface area contributed by atoms with Crippen molar-refractivity contribution in [1.82, 2.24) is 10.2 Å². The van der Waals surface area contributed by atoms with E-state index in [9.17, 15) is 4.79 Å². The minimum Gasteiger partial charge on any atom is -0.490 e. The van der Waals surface area contributed by atoms with E-state index < -0.39 is 0 Å². The van der Waals surface area contributed by atoms with E-state index in [2.05, 4.69) is 24.1 Å². The van der Waals surface area contributed by atoms with Crippen molar-refractivity contribution < 1.29 is 14.3 Å². The van der Waals surface area contributed by atoms with E-state index in [0.29, 0.717) is 24.7 Å². The summed E-state index contributed by atoms with van der Waals surface area (Å²) < 4.78 is 11.8. The second-order valence-electron chi connectivity index (χ2n) is 7.46. The number of benzene rings is 1. The first-order valence-corrected chi connectivity index (χ1v) is 11.2. The molecule has 5 nitrogen and oxygen atoms in total. The number of rotatable bonds is 9. The monoisotopic (exact) mass is 416 g/mol. The van der Waals surface area contributed by atoms with Gasteiger partial charge in [0.25, 0.3) is 0 Å².